The number of likely N-dealkylation sites (N-methyl/N-ethyl adjacent to an activating group) is 1. The van der Waals surface area contributed by atoms with Crippen LogP contribution in [0.5, 0.6) is 0 Å². The highest BCUT2D eigenvalue weighted by atomic mass is 15.3. The number of hydrazine groups is 1. The number of nitrogen functional groups attached to an aromatic ring is 1. The second-order valence-electron chi connectivity index (χ2n) is 5.72. The molecule has 0 amide bonds. The topological polar surface area (TPSA) is 79.1 Å². The summed E-state index contributed by atoms with van der Waals surface area (Å²) in [5.74, 6) is 8.53. The van der Waals surface area contributed by atoms with Gasteiger partial charge in [0.25, 0.3) is 0 Å². The summed E-state index contributed by atoms with van der Waals surface area (Å²) in [5.41, 5.74) is 2.64. The first kappa shape index (κ1) is 13.6. The van der Waals surface area contributed by atoms with Crippen molar-refractivity contribution >= 4 is 11.6 Å². The largest absolute Gasteiger partial charge is 0.368 e. The summed E-state index contributed by atoms with van der Waals surface area (Å²) < 4.78 is 0. The molecule has 0 spiro atoms. The smallest absolute Gasteiger partial charge is 0.145 e. The Hall–Kier alpha value is -1.40. The van der Waals surface area contributed by atoms with Gasteiger partial charge in [-0.25, -0.2) is 15.8 Å². The average molecular weight is 276 g/mol. The molecular weight excluding hydrogens is 252 g/mol. The van der Waals surface area contributed by atoms with Gasteiger partial charge in [0.15, 0.2) is 0 Å². The van der Waals surface area contributed by atoms with Crippen molar-refractivity contribution in [2.24, 2.45) is 5.84 Å². The molecule has 2 aliphatic rings. The zero-order chi connectivity index (χ0) is 13.9. The summed E-state index contributed by atoms with van der Waals surface area (Å²) >= 11 is 0. The van der Waals surface area contributed by atoms with Gasteiger partial charge in [-0.1, -0.05) is 6.92 Å². The first-order chi connectivity index (χ1) is 9.80. The van der Waals surface area contributed by atoms with Crippen LogP contribution in [0.3, 0.4) is 0 Å². The maximum atomic E-state index is 5.49. The van der Waals surface area contributed by atoms with Gasteiger partial charge in [-0.15, -0.1) is 0 Å². The fourth-order valence-electron chi connectivity index (χ4n) is 2.92. The lowest BCUT2D eigenvalue weighted by molar-refractivity contribution is 0.277. The van der Waals surface area contributed by atoms with Gasteiger partial charge in [-0.05, 0) is 38.8 Å². The van der Waals surface area contributed by atoms with Crippen molar-refractivity contribution in [3.8, 4) is 0 Å². The van der Waals surface area contributed by atoms with E-state index in [1.807, 2.05) is 6.07 Å². The molecule has 0 radical (unpaired) electrons. The summed E-state index contributed by atoms with van der Waals surface area (Å²) in [6, 6.07) is 2.51. The van der Waals surface area contributed by atoms with Gasteiger partial charge < -0.3 is 10.7 Å². The monoisotopic (exact) mass is 276 g/mol. The van der Waals surface area contributed by atoms with E-state index in [2.05, 4.69) is 32.5 Å². The van der Waals surface area contributed by atoms with Crippen LogP contribution in [-0.4, -0.2) is 40.5 Å². The van der Waals surface area contributed by atoms with Crippen LogP contribution < -0.4 is 16.6 Å². The summed E-state index contributed by atoms with van der Waals surface area (Å²) in [7, 11) is 0. The zero-order valence-corrected chi connectivity index (χ0v) is 12.1. The molecule has 1 atom stereocenters. The Morgan fingerprint density at radius 1 is 1.30 bits per heavy atom. The van der Waals surface area contributed by atoms with E-state index in [1.165, 1.54) is 32.2 Å². The number of likely N-dealkylation sites (tertiary alicyclic amines) is 1. The van der Waals surface area contributed by atoms with E-state index < -0.39 is 0 Å². The lowest BCUT2D eigenvalue weighted by Crippen LogP contribution is -2.34. The molecule has 1 saturated heterocycles. The summed E-state index contributed by atoms with van der Waals surface area (Å²) in [5, 5.41) is 3.46. The zero-order valence-electron chi connectivity index (χ0n) is 12.1. The molecule has 1 saturated carbocycles. The Labute approximate surface area is 120 Å². The second-order valence-corrected chi connectivity index (χ2v) is 5.72. The fraction of sp³-hybridized carbons (Fsp3) is 0.714. The first-order valence-corrected chi connectivity index (χ1v) is 7.63. The van der Waals surface area contributed by atoms with Crippen LogP contribution in [0.25, 0.3) is 0 Å². The van der Waals surface area contributed by atoms with Crippen molar-refractivity contribution in [1.82, 2.24) is 14.9 Å². The predicted octanol–water partition coefficient (Wildman–Crippen LogP) is 1.54. The molecule has 6 heteroatoms. The average Bonchev–Trinajstić information content (AvgIpc) is 3.24. The lowest BCUT2D eigenvalue weighted by atomic mass is 10.2. The number of rotatable bonds is 6. The molecule has 4 N–H and O–H groups in total. The highest BCUT2D eigenvalue weighted by molar-refractivity contribution is 5.47. The Balaban J connectivity index is 1.65. The fourth-order valence-corrected chi connectivity index (χ4v) is 2.92. The molecule has 1 aromatic rings. The van der Waals surface area contributed by atoms with Crippen LogP contribution in [0.4, 0.5) is 11.6 Å². The van der Waals surface area contributed by atoms with Crippen molar-refractivity contribution in [2.45, 2.75) is 44.6 Å². The predicted molar refractivity (Wildman–Crippen MR) is 80.6 cm³/mol. The third-order valence-electron chi connectivity index (χ3n) is 4.26. The molecule has 1 aromatic heterocycles. The van der Waals surface area contributed by atoms with Crippen LogP contribution in [-0.2, 0) is 0 Å². The Morgan fingerprint density at radius 3 is 2.80 bits per heavy atom. The molecule has 1 aliphatic carbocycles. The number of nitrogens with two attached hydrogens (primary N) is 1. The van der Waals surface area contributed by atoms with Gasteiger partial charge in [-0.2, -0.15) is 0 Å². The van der Waals surface area contributed by atoms with E-state index in [0.717, 1.165) is 24.7 Å². The minimum Gasteiger partial charge on any atom is -0.368 e. The standard InChI is InChI=1S/C14H24N6/c1-2-20-7-3-4-11(20)9-16-12-8-13(19-15)18-14(17-12)10-5-6-10/h8,10-11H,2-7,9,15H2,1H3,(H2,16,17,18,19). The Bertz CT molecular complexity index is 459. The van der Waals surface area contributed by atoms with Gasteiger partial charge in [-0.3, -0.25) is 4.90 Å². The van der Waals surface area contributed by atoms with Gasteiger partial charge in [0.05, 0.1) is 0 Å². The summed E-state index contributed by atoms with van der Waals surface area (Å²) in [6.07, 6.45) is 4.95. The molecule has 1 unspecified atom stereocenters. The van der Waals surface area contributed by atoms with Crippen molar-refractivity contribution in [3.63, 3.8) is 0 Å². The van der Waals surface area contributed by atoms with Crippen LogP contribution in [0.1, 0.15) is 44.3 Å². The number of anilines is 2. The van der Waals surface area contributed by atoms with Crippen LogP contribution in [0.2, 0.25) is 0 Å². The molecule has 2 heterocycles. The number of hydrogen-bond acceptors (Lipinski definition) is 6. The molecule has 1 aliphatic heterocycles. The van der Waals surface area contributed by atoms with E-state index >= 15 is 0 Å². The third kappa shape index (κ3) is 3.02. The van der Waals surface area contributed by atoms with E-state index in [0.29, 0.717) is 17.8 Å². The molecule has 6 nitrogen and oxygen atoms in total. The maximum absolute atomic E-state index is 5.49. The molecule has 0 bridgehead atoms. The number of nitrogens with one attached hydrogen (secondary N) is 2. The summed E-state index contributed by atoms with van der Waals surface area (Å²) in [6.45, 7) is 5.51. The third-order valence-corrected chi connectivity index (χ3v) is 4.26. The Kier molecular flexibility index (Phi) is 4.03. The number of aromatic nitrogens is 2. The van der Waals surface area contributed by atoms with Crippen molar-refractivity contribution < 1.29 is 0 Å². The molecule has 0 aromatic carbocycles. The minimum absolute atomic E-state index is 0.530. The van der Waals surface area contributed by atoms with E-state index in [-0.39, 0.29) is 0 Å². The molecule has 110 valence electrons. The molecule has 2 fully saturated rings. The SMILES string of the molecule is CCN1CCCC1CNc1cc(NN)nc(C2CC2)n1. The van der Waals surface area contributed by atoms with E-state index in [9.17, 15) is 0 Å². The lowest BCUT2D eigenvalue weighted by Gasteiger charge is -2.23. The summed E-state index contributed by atoms with van der Waals surface area (Å²) in [4.78, 5) is 11.6. The molecule has 20 heavy (non-hydrogen) atoms. The first-order valence-electron chi connectivity index (χ1n) is 7.63. The van der Waals surface area contributed by atoms with Crippen LogP contribution in [0.15, 0.2) is 6.07 Å². The second kappa shape index (κ2) is 5.93. The quantitative estimate of drug-likeness (QED) is 0.540. The molecule has 3 rings (SSSR count). The maximum Gasteiger partial charge on any atom is 0.145 e. The van der Waals surface area contributed by atoms with Gasteiger partial charge in [0.2, 0.25) is 0 Å². The Morgan fingerprint density at radius 2 is 2.10 bits per heavy atom. The van der Waals surface area contributed by atoms with Crippen molar-refractivity contribution in [3.05, 3.63) is 11.9 Å². The highest BCUT2D eigenvalue weighted by Crippen LogP contribution is 2.38. The van der Waals surface area contributed by atoms with Crippen LogP contribution >= 0.6 is 0 Å². The van der Waals surface area contributed by atoms with Gasteiger partial charge >= 0.3 is 0 Å². The number of nitrogens with zero attached hydrogens (tertiary/aromatic N) is 3. The van der Waals surface area contributed by atoms with Crippen molar-refractivity contribution in [1.29, 1.82) is 0 Å². The van der Waals surface area contributed by atoms with Gasteiger partial charge in [0, 0.05) is 24.6 Å². The van der Waals surface area contributed by atoms with Crippen LogP contribution in [0, 0.1) is 0 Å². The van der Waals surface area contributed by atoms with E-state index in [4.69, 9.17) is 5.84 Å². The minimum atomic E-state index is 0.530. The number of hydrogen-bond donors (Lipinski definition) is 3. The van der Waals surface area contributed by atoms with Gasteiger partial charge in [0.1, 0.15) is 17.5 Å². The normalized spacial score (nSPS) is 23.0. The highest BCUT2D eigenvalue weighted by Gasteiger charge is 2.28. The van der Waals surface area contributed by atoms with Crippen molar-refractivity contribution in [2.75, 3.05) is 30.4 Å². The van der Waals surface area contributed by atoms with E-state index in [1.54, 1.807) is 0 Å². The molecular formula is C14H24N6.